The molecule has 0 N–H and O–H groups in total. The maximum absolute atomic E-state index is 2.45. The molecular weight excluding hydrogens is 288 g/mol. The predicted octanol–water partition coefficient (Wildman–Crippen LogP) is 3.35. The summed E-state index contributed by atoms with van der Waals surface area (Å²) in [5, 5.41) is 0. The van der Waals surface area contributed by atoms with Crippen molar-refractivity contribution < 1.29 is 20.4 Å². The Bertz CT molecular complexity index is 213. The second-order valence-electron chi connectivity index (χ2n) is 3.07. The number of nitrogens with zero attached hydrogens (tertiary/aromatic N) is 1. The third-order valence-electron chi connectivity index (χ3n) is 2.32. The molecule has 0 spiro atoms. The standard InChI is InChI=1S/C10H16N.3ClH.Ti/c1-3-11(4-2)9-10-7-5-6-8-10;;;;/h5,7H,3-4,6,9H2,1-2H3;3*1H;. The van der Waals surface area contributed by atoms with Crippen LogP contribution in [-0.2, 0) is 20.4 Å². The Balaban J connectivity index is -0.000000480. The Labute approximate surface area is 123 Å². The summed E-state index contributed by atoms with van der Waals surface area (Å²) < 4.78 is 1.54. The Morgan fingerprint density at radius 3 is 2.07 bits per heavy atom. The molecule has 0 saturated carbocycles. The van der Waals surface area contributed by atoms with E-state index in [4.69, 9.17) is 0 Å². The van der Waals surface area contributed by atoms with Gasteiger partial charge in [-0.15, -0.1) is 37.2 Å². The maximum Gasteiger partial charge on any atom is -0.147 e. The molecule has 1 aliphatic rings. The molecule has 0 atom stereocenters. The van der Waals surface area contributed by atoms with E-state index in [0.717, 1.165) is 26.1 Å². The van der Waals surface area contributed by atoms with Crippen LogP contribution >= 0.6 is 37.2 Å². The van der Waals surface area contributed by atoms with Gasteiger partial charge in [-0.05, 0) is 0 Å². The van der Waals surface area contributed by atoms with Crippen LogP contribution in [0.5, 0.6) is 0 Å². The van der Waals surface area contributed by atoms with E-state index >= 15 is 0 Å². The first kappa shape index (κ1) is 21.3. The van der Waals surface area contributed by atoms with Crippen molar-refractivity contribution in [3.63, 3.8) is 0 Å². The minimum absolute atomic E-state index is 0. The first-order valence-corrected chi connectivity index (χ1v) is 5.38. The quantitative estimate of drug-likeness (QED) is 0.720. The molecule has 1 aliphatic carbocycles. The molecule has 89 valence electrons. The normalized spacial score (nSPS) is 13.2. The van der Waals surface area contributed by atoms with Crippen LogP contribution in [0.25, 0.3) is 0 Å². The molecule has 0 unspecified atom stereocenters. The summed E-state index contributed by atoms with van der Waals surface area (Å²) in [7, 11) is 0. The second-order valence-corrected chi connectivity index (χ2v) is 4.01. The first-order chi connectivity index (χ1) is 5.77. The fraction of sp³-hybridized carbons (Fsp3) is 0.600. The van der Waals surface area contributed by atoms with Crippen LogP contribution in [0.2, 0.25) is 0 Å². The molecule has 0 radical (unpaired) electrons. The zero-order valence-electron chi connectivity index (χ0n) is 9.16. The van der Waals surface area contributed by atoms with Crippen molar-refractivity contribution in [2.75, 3.05) is 19.6 Å². The van der Waals surface area contributed by atoms with Gasteiger partial charge in [0, 0.05) is 0 Å². The van der Waals surface area contributed by atoms with E-state index in [1.54, 1.807) is 3.88 Å². The monoisotopic (exact) mass is 306 g/mol. The largest absolute Gasteiger partial charge is 0.147 e. The average Bonchev–Trinajstić information content (AvgIpc) is 2.47. The second kappa shape index (κ2) is 11.5. The van der Waals surface area contributed by atoms with Crippen LogP contribution < -0.4 is 0 Å². The third-order valence-corrected chi connectivity index (χ3v) is 3.14. The summed E-state index contributed by atoms with van der Waals surface area (Å²) >= 11 is 2.23. The zero-order valence-corrected chi connectivity index (χ0v) is 13.2. The summed E-state index contributed by atoms with van der Waals surface area (Å²) in [6.07, 6.45) is 5.69. The van der Waals surface area contributed by atoms with Crippen LogP contribution in [0.1, 0.15) is 20.3 Å². The average molecular weight is 307 g/mol. The van der Waals surface area contributed by atoms with Crippen molar-refractivity contribution >= 4 is 37.2 Å². The van der Waals surface area contributed by atoms with Gasteiger partial charge >= 0.3 is 86.8 Å². The fourth-order valence-electron chi connectivity index (χ4n) is 1.39. The minimum Gasteiger partial charge on any atom is -0.147 e. The summed E-state index contributed by atoms with van der Waals surface area (Å²) in [4.78, 5) is 2.45. The fourth-order valence-corrected chi connectivity index (χ4v) is 1.82. The predicted molar refractivity (Wildman–Crippen MR) is 70.3 cm³/mol. The van der Waals surface area contributed by atoms with Gasteiger partial charge in [0.2, 0.25) is 0 Å². The molecule has 0 aliphatic heterocycles. The molecular formula is C10H19Cl3NTi. The molecule has 0 aromatic heterocycles. The van der Waals surface area contributed by atoms with Gasteiger partial charge in [-0.2, -0.15) is 0 Å². The Hall–Kier alpha value is 1.02. The molecule has 0 amide bonds. The van der Waals surface area contributed by atoms with E-state index in [-0.39, 0.29) is 37.2 Å². The van der Waals surface area contributed by atoms with Gasteiger partial charge in [0.1, 0.15) is 0 Å². The SMILES string of the molecule is CCN(CC)CC1=[C]([Ti])CC=C1.Cl.Cl.Cl. The Morgan fingerprint density at radius 1 is 1.20 bits per heavy atom. The van der Waals surface area contributed by atoms with Crippen molar-refractivity contribution in [2.24, 2.45) is 0 Å². The molecule has 0 aromatic carbocycles. The molecule has 0 aromatic rings. The van der Waals surface area contributed by atoms with Crippen molar-refractivity contribution in [1.82, 2.24) is 4.90 Å². The summed E-state index contributed by atoms with van der Waals surface area (Å²) in [5.41, 5.74) is 1.53. The summed E-state index contributed by atoms with van der Waals surface area (Å²) in [6, 6.07) is 0. The molecule has 0 saturated heterocycles. The van der Waals surface area contributed by atoms with Crippen molar-refractivity contribution in [2.45, 2.75) is 20.3 Å². The Morgan fingerprint density at radius 2 is 1.73 bits per heavy atom. The molecule has 15 heavy (non-hydrogen) atoms. The Kier molecular flexibility index (Phi) is 16.4. The van der Waals surface area contributed by atoms with E-state index in [1.165, 1.54) is 5.57 Å². The molecule has 1 nitrogen and oxygen atoms in total. The van der Waals surface area contributed by atoms with Crippen molar-refractivity contribution in [3.8, 4) is 0 Å². The van der Waals surface area contributed by atoms with E-state index in [1.807, 2.05) is 0 Å². The van der Waals surface area contributed by atoms with E-state index < -0.39 is 0 Å². The molecule has 0 heterocycles. The van der Waals surface area contributed by atoms with Gasteiger partial charge < -0.3 is 0 Å². The maximum atomic E-state index is 2.45. The van der Waals surface area contributed by atoms with Crippen LogP contribution in [0.15, 0.2) is 21.6 Å². The number of hydrogen-bond acceptors (Lipinski definition) is 1. The van der Waals surface area contributed by atoms with E-state index in [2.05, 4.69) is 51.3 Å². The minimum atomic E-state index is 0. The molecule has 1 rings (SSSR count). The number of rotatable bonds is 4. The van der Waals surface area contributed by atoms with E-state index in [9.17, 15) is 0 Å². The summed E-state index contributed by atoms with van der Waals surface area (Å²) in [5.74, 6) is 0. The van der Waals surface area contributed by atoms with Crippen LogP contribution in [-0.4, -0.2) is 24.5 Å². The van der Waals surface area contributed by atoms with E-state index in [0.29, 0.717) is 0 Å². The van der Waals surface area contributed by atoms with Crippen molar-refractivity contribution in [1.29, 1.82) is 0 Å². The van der Waals surface area contributed by atoms with Crippen LogP contribution in [0, 0.1) is 0 Å². The number of hydrogen-bond donors (Lipinski definition) is 0. The molecule has 0 fully saturated rings. The number of allylic oxidation sites excluding steroid dienone is 2. The third kappa shape index (κ3) is 7.04. The first-order valence-electron chi connectivity index (χ1n) is 4.60. The van der Waals surface area contributed by atoms with Gasteiger partial charge in [0.25, 0.3) is 0 Å². The number of halogens is 3. The molecule has 0 bridgehead atoms. The van der Waals surface area contributed by atoms with Gasteiger partial charge in [0.15, 0.2) is 0 Å². The zero-order chi connectivity index (χ0) is 8.97. The van der Waals surface area contributed by atoms with Gasteiger partial charge in [-0.1, -0.05) is 0 Å². The number of likely N-dealkylation sites (N-methyl/N-ethyl adjacent to an activating group) is 1. The van der Waals surface area contributed by atoms with Crippen LogP contribution in [0.4, 0.5) is 0 Å². The molecule has 5 heteroatoms. The smallest absolute Gasteiger partial charge is 0.147 e. The van der Waals surface area contributed by atoms with Gasteiger partial charge in [0.05, 0.1) is 0 Å². The van der Waals surface area contributed by atoms with Crippen LogP contribution in [0.3, 0.4) is 0 Å². The van der Waals surface area contributed by atoms with Gasteiger partial charge in [-0.25, -0.2) is 0 Å². The van der Waals surface area contributed by atoms with Gasteiger partial charge in [-0.3, -0.25) is 0 Å². The van der Waals surface area contributed by atoms with Crippen molar-refractivity contribution in [3.05, 3.63) is 21.6 Å². The topological polar surface area (TPSA) is 3.24 Å². The summed E-state index contributed by atoms with van der Waals surface area (Å²) in [6.45, 7) is 7.88.